The number of hydrogen-bond acceptors (Lipinski definition) is 4. The van der Waals surface area contributed by atoms with Crippen molar-refractivity contribution < 1.29 is 19.4 Å². The number of hydrogen-bond donors (Lipinski definition) is 3. The molecule has 1 saturated heterocycles. The average molecular weight is 216 g/mol. The van der Waals surface area contributed by atoms with Crippen molar-refractivity contribution in [3.8, 4) is 0 Å². The van der Waals surface area contributed by atoms with E-state index < -0.39 is 18.1 Å². The predicted octanol–water partition coefficient (Wildman–Crippen LogP) is -0.918. The zero-order valence-corrected chi connectivity index (χ0v) is 8.60. The van der Waals surface area contributed by atoms with E-state index in [2.05, 4.69) is 5.32 Å². The molecular weight excluding hydrogens is 200 g/mol. The smallest absolute Gasteiger partial charge is 0.332 e. The van der Waals surface area contributed by atoms with Crippen molar-refractivity contribution in [3.05, 3.63) is 0 Å². The van der Waals surface area contributed by atoms with E-state index >= 15 is 0 Å². The molecule has 0 aromatic heterocycles. The number of amides is 1. The van der Waals surface area contributed by atoms with Crippen LogP contribution in [0.15, 0.2) is 0 Å². The summed E-state index contributed by atoms with van der Waals surface area (Å²) < 4.78 is 5.20. The van der Waals surface area contributed by atoms with Crippen LogP contribution in [0.2, 0.25) is 0 Å². The minimum Gasteiger partial charge on any atom is -0.479 e. The Morgan fingerprint density at radius 1 is 1.60 bits per heavy atom. The molecule has 1 heterocycles. The van der Waals surface area contributed by atoms with Gasteiger partial charge in [0.15, 0.2) is 6.10 Å². The maximum atomic E-state index is 11.1. The predicted molar refractivity (Wildman–Crippen MR) is 52.2 cm³/mol. The molecule has 86 valence electrons. The third-order valence-corrected chi connectivity index (χ3v) is 2.30. The van der Waals surface area contributed by atoms with Gasteiger partial charge in [0.25, 0.3) is 0 Å². The molecule has 0 spiro atoms. The lowest BCUT2D eigenvalue weighted by molar-refractivity contribution is -0.149. The summed E-state index contributed by atoms with van der Waals surface area (Å²) in [5.74, 6) is -1.20. The van der Waals surface area contributed by atoms with Crippen LogP contribution in [0.4, 0.5) is 0 Å². The number of aliphatic carboxylic acids is 1. The molecule has 2 unspecified atom stereocenters. The van der Waals surface area contributed by atoms with Crippen molar-refractivity contribution >= 4 is 11.9 Å². The van der Waals surface area contributed by atoms with Crippen LogP contribution in [0.25, 0.3) is 0 Å². The van der Waals surface area contributed by atoms with Crippen molar-refractivity contribution in [3.63, 3.8) is 0 Å². The van der Waals surface area contributed by atoms with E-state index in [1.165, 1.54) is 0 Å². The molecular formula is C9H16N2O4. The SMILES string of the molecule is C[C@H](N)C(=O)NCC1CCC(C(=O)O)O1. The lowest BCUT2D eigenvalue weighted by Gasteiger charge is -2.13. The van der Waals surface area contributed by atoms with Crippen LogP contribution in [0.1, 0.15) is 19.8 Å². The van der Waals surface area contributed by atoms with Crippen LogP contribution in [-0.4, -0.2) is 41.8 Å². The highest BCUT2D eigenvalue weighted by atomic mass is 16.5. The number of carboxylic acid groups (broad SMARTS) is 1. The molecule has 1 aliphatic rings. The van der Waals surface area contributed by atoms with Gasteiger partial charge in [0, 0.05) is 6.54 Å². The summed E-state index contributed by atoms with van der Waals surface area (Å²) in [5.41, 5.74) is 5.35. The molecule has 0 aromatic carbocycles. The summed E-state index contributed by atoms with van der Waals surface area (Å²) >= 11 is 0. The van der Waals surface area contributed by atoms with E-state index in [0.717, 1.165) is 0 Å². The van der Waals surface area contributed by atoms with Crippen LogP contribution >= 0.6 is 0 Å². The largest absolute Gasteiger partial charge is 0.479 e. The fraction of sp³-hybridized carbons (Fsp3) is 0.778. The van der Waals surface area contributed by atoms with Gasteiger partial charge in [0.05, 0.1) is 12.1 Å². The first-order chi connectivity index (χ1) is 7.00. The van der Waals surface area contributed by atoms with Crippen LogP contribution in [-0.2, 0) is 14.3 Å². The Bertz CT molecular complexity index is 254. The summed E-state index contributed by atoms with van der Waals surface area (Å²) in [5, 5.41) is 11.3. The van der Waals surface area contributed by atoms with Crippen LogP contribution in [0.3, 0.4) is 0 Å². The number of ether oxygens (including phenoxy) is 1. The second kappa shape index (κ2) is 5.09. The summed E-state index contributed by atoms with van der Waals surface area (Å²) in [6.45, 7) is 1.91. The van der Waals surface area contributed by atoms with Gasteiger partial charge >= 0.3 is 5.97 Å². The lowest BCUT2D eigenvalue weighted by Crippen LogP contribution is -2.41. The van der Waals surface area contributed by atoms with Gasteiger partial charge in [0.2, 0.25) is 5.91 Å². The maximum Gasteiger partial charge on any atom is 0.332 e. The van der Waals surface area contributed by atoms with Crippen molar-refractivity contribution in [2.24, 2.45) is 5.73 Å². The molecule has 1 amide bonds. The van der Waals surface area contributed by atoms with Crippen LogP contribution in [0.5, 0.6) is 0 Å². The van der Waals surface area contributed by atoms with Crippen molar-refractivity contribution in [1.29, 1.82) is 0 Å². The summed E-state index contributed by atoms with van der Waals surface area (Å²) in [7, 11) is 0. The van der Waals surface area contributed by atoms with E-state index in [-0.39, 0.29) is 12.0 Å². The summed E-state index contributed by atoms with van der Waals surface area (Å²) in [6, 6.07) is -0.554. The molecule has 0 radical (unpaired) electrons. The molecule has 1 aliphatic heterocycles. The van der Waals surface area contributed by atoms with Gasteiger partial charge in [-0.25, -0.2) is 4.79 Å². The zero-order chi connectivity index (χ0) is 11.4. The van der Waals surface area contributed by atoms with Gasteiger partial charge in [-0.1, -0.05) is 0 Å². The molecule has 6 heteroatoms. The molecule has 1 fully saturated rings. The third kappa shape index (κ3) is 3.49. The Hall–Kier alpha value is -1.14. The Balaban J connectivity index is 2.25. The van der Waals surface area contributed by atoms with Gasteiger partial charge in [-0.2, -0.15) is 0 Å². The van der Waals surface area contributed by atoms with Crippen LogP contribution < -0.4 is 11.1 Å². The third-order valence-electron chi connectivity index (χ3n) is 2.30. The van der Waals surface area contributed by atoms with E-state index in [0.29, 0.717) is 19.4 Å². The van der Waals surface area contributed by atoms with Crippen molar-refractivity contribution in [2.75, 3.05) is 6.54 Å². The molecule has 0 bridgehead atoms. The average Bonchev–Trinajstić information content (AvgIpc) is 2.62. The number of carboxylic acids is 1. The number of carbonyl (C=O) groups excluding carboxylic acids is 1. The van der Waals surface area contributed by atoms with E-state index in [9.17, 15) is 9.59 Å². The minimum atomic E-state index is -0.948. The fourth-order valence-corrected chi connectivity index (χ4v) is 1.41. The molecule has 15 heavy (non-hydrogen) atoms. The molecule has 0 aliphatic carbocycles. The molecule has 6 nitrogen and oxygen atoms in total. The number of rotatable bonds is 4. The van der Waals surface area contributed by atoms with E-state index in [1.54, 1.807) is 6.92 Å². The maximum absolute atomic E-state index is 11.1. The summed E-state index contributed by atoms with van der Waals surface area (Å²) in [6.07, 6.45) is 0.195. The first kappa shape index (κ1) is 11.9. The van der Waals surface area contributed by atoms with Crippen LogP contribution in [0, 0.1) is 0 Å². The Kier molecular flexibility index (Phi) is 4.05. The Labute approximate surface area is 87.8 Å². The number of nitrogens with one attached hydrogen (secondary N) is 1. The first-order valence-electron chi connectivity index (χ1n) is 4.92. The highest BCUT2D eigenvalue weighted by Crippen LogP contribution is 2.19. The summed E-state index contributed by atoms with van der Waals surface area (Å²) in [4.78, 5) is 21.7. The fourth-order valence-electron chi connectivity index (χ4n) is 1.41. The first-order valence-corrected chi connectivity index (χ1v) is 4.92. The molecule has 3 atom stereocenters. The Morgan fingerprint density at radius 3 is 2.73 bits per heavy atom. The second-order valence-corrected chi connectivity index (χ2v) is 3.70. The van der Waals surface area contributed by atoms with Gasteiger partial charge in [-0.15, -0.1) is 0 Å². The number of nitrogens with two attached hydrogens (primary N) is 1. The molecule has 0 saturated carbocycles. The topological polar surface area (TPSA) is 102 Å². The molecule has 4 N–H and O–H groups in total. The Morgan fingerprint density at radius 2 is 2.27 bits per heavy atom. The highest BCUT2D eigenvalue weighted by Gasteiger charge is 2.30. The molecule has 1 rings (SSSR count). The molecule has 0 aromatic rings. The highest BCUT2D eigenvalue weighted by molar-refractivity contribution is 5.81. The number of carbonyl (C=O) groups is 2. The zero-order valence-electron chi connectivity index (χ0n) is 8.60. The van der Waals surface area contributed by atoms with E-state index in [1.807, 2.05) is 0 Å². The quantitative estimate of drug-likeness (QED) is 0.564. The monoisotopic (exact) mass is 216 g/mol. The van der Waals surface area contributed by atoms with Gasteiger partial charge in [0.1, 0.15) is 0 Å². The standard InChI is InChI=1S/C9H16N2O4/c1-5(10)8(12)11-4-6-2-3-7(15-6)9(13)14/h5-7H,2-4,10H2,1H3,(H,11,12)(H,13,14)/t5-,6?,7?/m0/s1. The van der Waals surface area contributed by atoms with E-state index in [4.69, 9.17) is 15.6 Å². The lowest BCUT2D eigenvalue weighted by atomic mass is 10.2. The normalized spacial score (nSPS) is 27.3. The van der Waals surface area contributed by atoms with Gasteiger partial charge in [-0.05, 0) is 19.8 Å². The van der Waals surface area contributed by atoms with Gasteiger partial charge < -0.3 is 20.9 Å². The van der Waals surface area contributed by atoms with Gasteiger partial charge in [-0.3, -0.25) is 4.79 Å². The minimum absolute atomic E-state index is 0.214. The van der Waals surface area contributed by atoms with Crippen molar-refractivity contribution in [1.82, 2.24) is 5.32 Å². The van der Waals surface area contributed by atoms with Crippen molar-refractivity contribution in [2.45, 2.75) is 38.0 Å². The second-order valence-electron chi connectivity index (χ2n) is 3.70.